The molecule has 0 saturated carbocycles. The minimum atomic E-state index is -0.869. The molecule has 1 aliphatic heterocycles. The molecule has 0 amide bonds. The predicted octanol–water partition coefficient (Wildman–Crippen LogP) is 1.02. The van der Waals surface area contributed by atoms with Gasteiger partial charge in [0.15, 0.2) is 0 Å². The second-order valence-corrected chi connectivity index (χ2v) is 3.83. The van der Waals surface area contributed by atoms with E-state index in [-0.39, 0.29) is 0 Å². The van der Waals surface area contributed by atoms with Gasteiger partial charge in [-0.25, -0.2) is 8.78 Å². The number of hydrogen-bond acceptors (Lipinski definition) is 5. The average Bonchev–Trinajstić information content (AvgIpc) is 2.38. The third-order valence-electron chi connectivity index (χ3n) is 2.75. The lowest BCUT2D eigenvalue weighted by molar-refractivity contribution is 0.122. The minimum absolute atomic E-state index is 0.418. The van der Waals surface area contributed by atoms with Crippen LogP contribution in [0.2, 0.25) is 0 Å². The molecule has 5 nitrogen and oxygen atoms in total. The molecule has 1 aliphatic rings. The molecule has 0 unspecified atom stereocenters. The van der Waals surface area contributed by atoms with Crippen LogP contribution < -0.4 is 10.8 Å². The molecule has 7 heteroatoms. The van der Waals surface area contributed by atoms with Crippen LogP contribution in [-0.4, -0.2) is 32.2 Å². The van der Waals surface area contributed by atoms with Crippen LogP contribution in [0.5, 0.6) is 0 Å². The lowest BCUT2D eigenvalue weighted by Crippen LogP contribution is -2.36. The first-order valence-electron chi connectivity index (χ1n) is 5.41. The van der Waals surface area contributed by atoms with E-state index >= 15 is 0 Å². The molecular weight excluding hydrogens is 244 g/mol. The van der Waals surface area contributed by atoms with E-state index in [0.29, 0.717) is 32.0 Å². The summed E-state index contributed by atoms with van der Waals surface area (Å²) < 4.78 is 32.6. The number of nitrogens with one attached hydrogen (secondary N) is 1. The van der Waals surface area contributed by atoms with E-state index in [4.69, 9.17) is 16.0 Å². The lowest BCUT2D eigenvalue weighted by Gasteiger charge is -2.29. The second-order valence-electron chi connectivity index (χ2n) is 3.83. The zero-order valence-electron chi connectivity index (χ0n) is 9.58. The highest BCUT2D eigenvalue weighted by Gasteiger charge is 2.20. The van der Waals surface area contributed by atoms with Crippen LogP contribution in [-0.2, 0) is 9.57 Å². The Morgan fingerprint density at radius 1 is 1.28 bits per heavy atom. The molecule has 0 radical (unpaired) electrons. The molecule has 1 aromatic carbocycles. The number of hydrogen-bond donors (Lipinski definition) is 2. The van der Waals surface area contributed by atoms with Gasteiger partial charge in [0.2, 0.25) is 5.90 Å². The molecule has 0 aromatic heterocycles. The van der Waals surface area contributed by atoms with Crippen LogP contribution in [0.3, 0.4) is 0 Å². The van der Waals surface area contributed by atoms with E-state index in [1.165, 1.54) is 0 Å². The minimum Gasteiger partial charge on any atom is -0.391 e. The first-order chi connectivity index (χ1) is 8.63. The smallest absolute Gasteiger partial charge is 0.243 e. The normalized spacial score (nSPS) is 15.6. The monoisotopic (exact) mass is 257 g/mol. The van der Waals surface area contributed by atoms with E-state index in [1.807, 2.05) is 4.90 Å². The zero-order chi connectivity index (χ0) is 13.1. The maximum Gasteiger partial charge on any atom is 0.243 e. The Hall–Kier alpha value is -1.73. The number of halogens is 2. The molecule has 0 bridgehead atoms. The van der Waals surface area contributed by atoms with Gasteiger partial charge < -0.3 is 14.5 Å². The summed E-state index contributed by atoms with van der Waals surface area (Å²) in [6.07, 6.45) is 0. The molecule has 18 heavy (non-hydrogen) atoms. The van der Waals surface area contributed by atoms with Crippen molar-refractivity contribution in [1.82, 2.24) is 0 Å². The number of benzene rings is 1. The Morgan fingerprint density at radius 3 is 2.33 bits per heavy atom. The van der Waals surface area contributed by atoms with Gasteiger partial charge in [0.25, 0.3) is 0 Å². The summed E-state index contributed by atoms with van der Waals surface area (Å²) in [4.78, 5) is 5.86. The zero-order valence-corrected chi connectivity index (χ0v) is 9.58. The van der Waals surface area contributed by atoms with Crippen molar-refractivity contribution in [2.24, 2.45) is 5.90 Å². The van der Waals surface area contributed by atoms with E-state index in [9.17, 15) is 8.78 Å². The summed E-state index contributed by atoms with van der Waals surface area (Å²) in [5.74, 6) is 2.26. The van der Waals surface area contributed by atoms with Crippen molar-refractivity contribution >= 4 is 11.6 Å². The predicted molar refractivity (Wildman–Crippen MR) is 61.5 cm³/mol. The topological polar surface area (TPSA) is 71.6 Å². The summed E-state index contributed by atoms with van der Waals surface area (Å²) in [6.45, 7) is 2.19. The van der Waals surface area contributed by atoms with Crippen molar-refractivity contribution in [2.45, 2.75) is 0 Å². The van der Waals surface area contributed by atoms with Crippen molar-refractivity contribution < 1.29 is 18.4 Å². The number of anilines is 1. The molecule has 1 fully saturated rings. The highest BCUT2D eigenvalue weighted by molar-refractivity contribution is 5.92. The maximum absolute atomic E-state index is 13.7. The maximum atomic E-state index is 13.7. The number of morpholine rings is 1. The van der Waals surface area contributed by atoms with Gasteiger partial charge in [0.05, 0.1) is 13.2 Å². The van der Waals surface area contributed by atoms with Gasteiger partial charge in [-0.05, 0) is 12.1 Å². The Labute approximate surface area is 103 Å². The molecule has 0 aliphatic carbocycles. The number of nitrogens with two attached hydrogens (primary N) is 1. The summed E-state index contributed by atoms with van der Waals surface area (Å²) in [5, 5.41) is 7.21. The summed E-state index contributed by atoms with van der Waals surface area (Å²) in [6, 6.07) is 2.33. The van der Waals surface area contributed by atoms with Crippen molar-refractivity contribution in [3.05, 3.63) is 29.3 Å². The van der Waals surface area contributed by atoms with Crippen LogP contribution in [0.4, 0.5) is 14.5 Å². The Balaban J connectivity index is 2.32. The quantitative estimate of drug-likeness (QED) is 0.471. The van der Waals surface area contributed by atoms with E-state index in [2.05, 4.69) is 4.84 Å². The molecule has 1 saturated heterocycles. The van der Waals surface area contributed by atoms with Gasteiger partial charge in [-0.1, -0.05) is 0 Å². The number of nitrogens with zero attached hydrogens (tertiary/aromatic N) is 1. The fraction of sp³-hybridized carbons (Fsp3) is 0.364. The van der Waals surface area contributed by atoms with Gasteiger partial charge in [-0.2, -0.15) is 5.90 Å². The van der Waals surface area contributed by atoms with E-state index in [1.54, 1.807) is 0 Å². The van der Waals surface area contributed by atoms with Crippen molar-refractivity contribution in [3.8, 4) is 0 Å². The summed E-state index contributed by atoms with van der Waals surface area (Å²) in [5.41, 5.74) is -0.142. The van der Waals surface area contributed by atoms with Crippen LogP contribution >= 0.6 is 0 Å². The SMILES string of the molecule is N=C(ON)c1c(F)cc(N2CCOCC2)cc1F. The molecular formula is C11H13F2N3O2. The first kappa shape index (κ1) is 12.7. The summed E-state index contributed by atoms with van der Waals surface area (Å²) >= 11 is 0. The molecule has 2 rings (SSSR count). The molecule has 1 heterocycles. The van der Waals surface area contributed by atoms with Crippen LogP contribution in [0.1, 0.15) is 5.56 Å². The van der Waals surface area contributed by atoms with Gasteiger partial charge in [0.1, 0.15) is 17.2 Å². The van der Waals surface area contributed by atoms with E-state index < -0.39 is 23.1 Å². The van der Waals surface area contributed by atoms with Crippen molar-refractivity contribution in [2.75, 3.05) is 31.2 Å². The number of rotatable bonds is 2. The Kier molecular flexibility index (Phi) is 3.73. The highest BCUT2D eigenvalue weighted by Crippen LogP contribution is 2.23. The number of ether oxygens (including phenoxy) is 1. The fourth-order valence-corrected chi connectivity index (χ4v) is 1.84. The highest BCUT2D eigenvalue weighted by atomic mass is 19.1. The fourth-order valence-electron chi connectivity index (χ4n) is 1.84. The van der Waals surface area contributed by atoms with Crippen molar-refractivity contribution in [3.63, 3.8) is 0 Å². The first-order valence-corrected chi connectivity index (χ1v) is 5.41. The second kappa shape index (κ2) is 5.28. The lowest BCUT2D eigenvalue weighted by atomic mass is 10.1. The molecule has 1 aromatic rings. The van der Waals surface area contributed by atoms with Gasteiger partial charge in [0, 0.05) is 18.8 Å². The third-order valence-corrected chi connectivity index (χ3v) is 2.75. The third kappa shape index (κ3) is 2.41. The molecule has 3 N–H and O–H groups in total. The van der Waals surface area contributed by atoms with E-state index in [0.717, 1.165) is 12.1 Å². The standard InChI is InChI=1S/C11H13F2N3O2/c12-8-5-7(16-1-3-17-4-2-16)6-9(13)10(8)11(14)18-15/h5-6,14H,1-4,15H2. The Morgan fingerprint density at radius 2 is 1.83 bits per heavy atom. The largest absolute Gasteiger partial charge is 0.391 e. The molecule has 0 atom stereocenters. The van der Waals surface area contributed by atoms with Crippen LogP contribution in [0.25, 0.3) is 0 Å². The van der Waals surface area contributed by atoms with Crippen LogP contribution in [0, 0.1) is 17.0 Å². The van der Waals surface area contributed by atoms with Gasteiger partial charge in [-0.3, -0.25) is 5.41 Å². The summed E-state index contributed by atoms with van der Waals surface area (Å²) in [7, 11) is 0. The van der Waals surface area contributed by atoms with Gasteiger partial charge >= 0.3 is 0 Å². The van der Waals surface area contributed by atoms with Gasteiger partial charge in [-0.15, -0.1) is 0 Å². The van der Waals surface area contributed by atoms with Crippen molar-refractivity contribution in [1.29, 1.82) is 5.41 Å². The molecule has 0 spiro atoms. The Bertz CT molecular complexity index is 439. The average molecular weight is 257 g/mol. The molecule has 98 valence electrons. The van der Waals surface area contributed by atoms with Crippen LogP contribution in [0.15, 0.2) is 12.1 Å².